The van der Waals surface area contributed by atoms with E-state index in [0.717, 1.165) is 6.92 Å². The Kier molecular flexibility index (Phi) is 8.28. The Bertz CT molecular complexity index is 1820. The van der Waals surface area contributed by atoms with Crippen molar-refractivity contribution in [3.8, 4) is 11.3 Å². The van der Waals surface area contributed by atoms with Gasteiger partial charge in [-0.2, -0.15) is 5.10 Å². The number of halogens is 3. The number of rotatable bonds is 9. The first-order valence-electron chi connectivity index (χ1n) is 13.3. The first-order valence-corrected chi connectivity index (χ1v) is 16.3. The van der Waals surface area contributed by atoms with Gasteiger partial charge in [-0.1, -0.05) is 18.2 Å². The minimum Gasteiger partial charge on any atom is -0.356 e. The molecule has 0 bridgehead atoms. The number of hydrogen-bond acceptors (Lipinski definition) is 9. The van der Waals surface area contributed by atoms with E-state index in [9.17, 15) is 30.0 Å². The van der Waals surface area contributed by atoms with Crippen LogP contribution in [0.4, 0.5) is 19.0 Å². The van der Waals surface area contributed by atoms with Gasteiger partial charge < -0.3 is 4.90 Å². The summed E-state index contributed by atoms with van der Waals surface area (Å²) in [6.07, 6.45) is -1.35. The van der Waals surface area contributed by atoms with Gasteiger partial charge in [0.1, 0.15) is 12.1 Å². The SMILES string of the molecule is CC([C@@H](C)OC(F)(F)F)S(=O)(=O)NC1CCN(c2ncnc3c2cc(-c2cnn(C)c2)n3S(=O)(=O)c2ccccc2)CC1. The first kappa shape index (κ1) is 30.9. The lowest BCUT2D eigenvalue weighted by Crippen LogP contribution is -2.49. The summed E-state index contributed by atoms with van der Waals surface area (Å²) in [5.41, 5.74) is 1.07. The van der Waals surface area contributed by atoms with Crippen molar-refractivity contribution >= 4 is 36.9 Å². The van der Waals surface area contributed by atoms with Crippen molar-refractivity contribution in [2.45, 2.75) is 55.3 Å². The third-order valence-corrected chi connectivity index (χ3v) is 11.2. The van der Waals surface area contributed by atoms with Gasteiger partial charge in [0, 0.05) is 37.9 Å². The molecule has 2 atom stereocenters. The third-order valence-electron chi connectivity index (χ3n) is 7.41. The summed E-state index contributed by atoms with van der Waals surface area (Å²) in [6.45, 7) is 2.92. The van der Waals surface area contributed by atoms with Crippen molar-refractivity contribution in [2.75, 3.05) is 18.0 Å². The maximum Gasteiger partial charge on any atom is 0.522 e. The van der Waals surface area contributed by atoms with Crippen LogP contribution < -0.4 is 9.62 Å². The number of hydrogen-bond donors (Lipinski definition) is 1. The van der Waals surface area contributed by atoms with E-state index in [2.05, 4.69) is 24.5 Å². The van der Waals surface area contributed by atoms with Gasteiger partial charge in [0.15, 0.2) is 5.65 Å². The Labute approximate surface area is 246 Å². The molecule has 12 nitrogen and oxygen atoms in total. The zero-order valence-corrected chi connectivity index (χ0v) is 25.1. The van der Waals surface area contributed by atoms with Crippen molar-refractivity contribution < 1.29 is 34.7 Å². The van der Waals surface area contributed by atoms with Crippen LogP contribution in [0.15, 0.2) is 60.0 Å². The summed E-state index contributed by atoms with van der Waals surface area (Å²) in [7, 11) is -6.48. The Balaban J connectivity index is 1.43. The standard InChI is InChI=1S/C26H30F3N7O5S2/c1-17(41-26(27,28)29)18(2)42(37,38)33-20-9-11-35(12-10-20)24-22-13-23(19-14-32-34(3)15-19)36(25(22)31-16-30-24)43(39,40)21-7-5-4-6-8-21/h4-8,13-18,20,33H,9-12H2,1-3H3/t17-,18?/m1/s1. The monoisotopic (exact) mass is 641 g/mol. The fraction of sp³-hybridized carbons (Fsp3) is 0.423. The normalized spacial score (nSPS) is 16.9. The molecule has 5 rings (SSSR count). The topological polar surface area (TPSA) is 141 Å². The summed E-state index contributed by atoms with van der Waals surface area (Å²) in [5.74, 6) is 0.471. The molecule has 1 unspecified atom stereocenters. The molecule has 4 heterocycles. The maximum absolute atomic E-state index is 13.9. The molecule has 1 aromatic carbocycles. The largest absolute Gasteiger partial charge is 0.522 e. The lowest BCUT2D eigenvalue weighted by atomic mass is 10.1. The first-order chi connectivity index (χ1) is 20.2. The average molecular weight is 642 g/mol. The molecule has 1 aliphatic rings. The highest BCUT2D eigenvalue weighted by atomic mass is 32.2. The number of alkyl halides is 3. The Hall–Kier alpha value is -3.54. The molecule has 0 amide bonds. The van der Waals surface area contributed by atoms with Crippen LogP contribution in [0.3, 0.4) is 0 Å². The van der Waals surface area contributed by atoms with Crippen molar-refractivity contribution in [3.05, 3.63) is 55.1 Å². The third kappa shape index (κ3) is 6.39. The summed E-state index contributed by atoms with van der Waals surface area (Å²) in [5, 5.41) is 3.23. The highest BCUT2D eigenvalue weighted by molar-refractivity contribution is 7.90. The van der Waals surface area contributed by atoms with E-state index in [1.54, 1.807) is 48.4 Å². The number of piperidine rings is 1. The van der Waals surface area contributed by atoms with Crippen LogP contribution in [-0.4, -0.2) is 77.4 Å². The quantitative estimate of drug-likeness (QED) is 0.292. The summed E-state index contributed by atoms with van der Waals surface area (Å²) in [6, 6.07) is 9.15. The highest BCUT2D eigenvalue weighted by Crippen LogP contribution is 2.35. The lowest BCUT2D eigenvalue weighted by Gasteiger charge is -2.34. The van der Waals surface area contributed by atoms with Crippen LogP contribution in [0.5, 0.6) is 0 Å². The van der Waals surface area contributed by atoms with Gasteiger partial charge in [-0.05, 0) is 44.9 Å². The van der Waals surface area contributed by atoms with Crippen molar-refractivity contribution in [3.63, 3.8) is 0 Å². The van der Waals surface area contributed by atoms with Crippen LogP contribution in [0, 0.1) is 0 Å². The molecule has 0 aliphatic carbocycles. The number of fused-ring (bicyclic) bond motifs is 1. The molecule has 0 spiro atoms. The lowest BCUT2D eigenvalue weighted by molar-refractivity contribution is -0.339. The molecule has 1 fully saturated rings. The zero-order valence-electron chi connectivity index (χ0n) is 23.4. The fourth-order valence-electron chi connectivity index (χ4n) is 5.03. The second kappa shape index (κ2) is 11.5. The second-order valence-electron chi connectivity index (χ2n) is 10.3. The van der Waals surface area contributed by atoms with Gasteiger partial charge in [0.2, 0.25) is 10.0 Å². The number of aromatic nitrogens is 5. The Morgan fingerprint density at radius 3 is 2.33 bits per heavy atom. The zero-order chi connectivity index (χ0) is 31.2. The van der Waals surface area contributed by atoms with E-state index in [1.165, 1.54) is 29.4 Å². The summed E-state index contributed by atoms with van der Waals surface area (Å²) < 4.78 is 100. The number of benzene rings is 1. The molecule has 0 radical (unpaired) electrons. The van der Waals surface area contributed by atoms with Gasteiger partial charge in [-0.25, -0.2) is 35.5 Å². The number of sulfonamides is 1. The molecule has 3 aromatic heterocycles. The van der Waals surface area contributed by atoms with E-state index >= 15 is 0 Å². The number of nitrogens with one attached hydrogen (secondary N) is 1. The predicted octanol–water partition coefficient (Wildman–Crippen LogP) is 3.27. The maximum atomic E-state index is 13.9. The van der Waals surface area contributed by atoms with Gasteiger partial charge >= 0.3 is 6.36 Å². The van der Waals surface area contributed by atoms with Crippen molar-refractivity contribution in [1.29, 1.82) is 0 Å². The average Bonchev–Trinajstić information content (AvgIpc) is 3.56. The number of ether oxygens (including phenoxy) is 1. The number of nitrogens with zero attached hydrogens (tertiary/aromatic N) is 6. The van der Waals surface area contributed by atoms with E-state index < -0.39 is 43.8 Å². The Morgan fingerprint density at radius 2 is 1.72 bits per heavy atom. The van der Waals surface area contributed by atoms with Crippen LogP contribution >= 0.6 is 0 Å². The molecular formula is C26H30F3N7O5S2. The van der Waals surface area contributed by atoms with Crippen molar-refractivity contribution in [1.82, 2.24) is 28.4 Å². The summed E-state index contributed by atoms with van der Waals surface area (Å²) >= 11 is 0. The smallest absolute Gasteiger partial charge is 0.356 e. The van der Waals surface area contributed by atoms with E-state index in [1.807, 2.05) is 4.90 Å². The van der Waals surface area contributed by atoms with Gasteiger partial charge in [-0.15, -0.1) is 13.2 Å². The molecule has 0 saturated carbocycles. The van der Waals surface area contributed by atoms with Gasteiger partial charge in [0.25, 0.3) is 10.0 Å². The molecule has 1 N–H and O–H groups in total. The second-order valence-corrected chi connectivity index (χ2v) is 14.2. The number of aryl methyl sites for hydroxylation is 1. The van der Waals surface area contributed by atoms with Crippen LogP contribution in [0.1, 0.15) is 26.7 Å². The van der Waals surface area contributed by atoms with E-state index in [-0.39, 0.29) is 10.5 Å². The minimum absolute atomic E-state index is 0.0788. The van der Waals surface area contributed by atoms with Crippen molar-refractivity contribution in [2.24, 2.45) is 7.05 Å². The Morgan fingerprint density at radius 1 is 1.05 bits per heavy atom. The predicted molar refractivity (Wildman–Crippen MR) is 152 cm³/mol. The van der Waals surface area contributed by atoms with Crippen LogP contribution in [0.2, 0.25) is 0 Å². The van der Waals surface area contributed by atoms with E-state index in [0.29, 0.717) is 48.4 Å². The molecule has 43 heavy (non-hydrogen) atoms. The number of anilines is 1. The summed E-state index contributed by atoms with van der Waals surface area (Å²) in [4.78, 5) is 10.8. The van der Waals surface area contributed by atoms with E-state index in [4.69, 9.17) is 0 Å². The molecular weight excluding hydrogens is 611 g/mol. The minimum atomic E-state index is -4.95. The fourth-order valence-corrected chi connectivity index (χ4v) is 8.01. The van der Waals surface area contributed by atoms with Gasteiger partial charge in [-0.3, -0.25) is 9.42 Å². The molecule has 1 aliphatic heterocycles. The molecule has 232 valence electrons. The highest BCUT2D eigenvalue weighted by Gasteiger charge is 2.39. The van der Waals surface area contributed by atoms with Crippen LogP contribution in [-0.2, 0) is 31.8 Å². The molecule has 4 aromatic rings. The van der Waals surface area contributed by atoms with Gasteiger partial charge in [0.05, 0.1) is 33.5 Å². The van der Waals surface area contributed by atoms with Crippen LogP contribution in [0.25, 0.3) is 22.3 Å². The molecule has 1 saturated heterocycles. The molecule has 17 heteroatoms.